The molecule has 1 aromatic carbocycles. The maximum atomic E-state index is 11.6. The molecule has 7 heteroatoms. The van der Waals surface area contributed by atoms with Crippen molar-refractivity contribution < 1.29 is 13.2 Å². The van der Waals surface area contributed by atoms with Gasteiger partial charge >= 0.3 is 0 Å². The first-order valence-corrected chi connectivity index (χ1v) is 7.50. The highest BCUT2D eigenvalue weighted by Gasteiger charge is 2.16. The number of hydrogen-bond acceptors (Lipinski definition) is 4. The van der Waals surface area contributed by atoms with Crippen LogP contribution in [0.4, 0.5) is 0 Å². The van der Waals surface area contributed by atoms with Crippen molar-refractivity contribution in [3.63, 3.8) is 0 Å². The molecule has 0 aliphatic carbocycles. The molecule has 1 heterocycles. The Morgan fingerprint density at radius 2 is 2.10 bits per heavy atom. The molecule has 104 valence electrons. The van der Waals surface area contributed by atoms with E-state index in [1.165, 1.54) is 18.2 Å². The van der Waals surface area contributed by atoms with Crippen molar-refractivity contribution in [3.8, 4) is 17.6 Å². The maximum Gasteiger partial charge on any atom is 0.238 e. The first-order chi connectivity index (χ1) is 9.43. The summed E-state index contributed by atoms with van der Waals surface area (Å²) in [6.07, 6.45) is 0. The van der Waals surface area contributed by atoms with E-state index in [9.17, 15) is 8.42 Å². The summed E-state index contributed by atoms with van der Waals surface area (Å²) in [6, 6.07) is 5.90. The Hall–Kier alpha value is -1.81. The van der Waals surface area contributed by atoms with Gasteiger partial charge in [-0.25, -0.2) is 18.5 Å². The Kier molecular flexibility index (Phi) is 4.14. The van der Waals surface area contributed by atoms with Gasteiger partial charge in [-0.3, -0.25) is 0 Å². The molecule has 0 aliphatic heterocycles. The lowest BCUT2D eigenvalue weighted by atomic mass is 10.2. The van der Waals surface area contributed by atoms with Gasteiger partial charge in [0.15, 0.2) is 0 Å². The number of primary sulfonamides is 1. The highest BCUT2D eigenvalue weighted by atomic mass is 35.5. The van der Waals surface area contributed by atoms with Crippen molar-refractivity contribution in [2.45, 2.75) is 11.8 Å². The van der Waals surface area contributed by atoms with Crippen LogP contribution in [0.5, 0.6) is 5.75 Å². The van der Waals surface area contributed by atoms with Crippen molar-refractivity contribution in [1.82, 2.24) is 4.98 Å². The normalized spacial score (nSPS) is 10.9. The van der Waals surface area contributed by atoms with E-state index in [2.05, 4.69) is 16.8 Å². The van der Waals surface area contributed by atoms with Crippen LogP contribution in [0, 0.1) is 11.8 Å². The molecule has 0 saturated carbocycles. The number of sulfonamides is 1. The van der Waals surface area contributed by atoms with Crippen LogP contribution in [-0.2, 0) is 10.0 Å². The molecule has 2 rings (SSSR count). The SMILES string of the molecule is CC#CCOc1ccc(S(N)(=O)=O)c2ccc(Cl)nc12. The van der Waals surface area contributed by atoms with Crippen LogP contribution in [0.25, 0.3) is 10.9 Å². The molecule has 0 saturated heterocycles. The number of halogens is 1. The van der Waals surface area contributed by atoms with Gasteiger partial charge in [-0.1, -0.05) is 17.5 Å². The number of nitrogens with two attached hydrogens (primary N) is 1. The molecule has 0 fully saturated rings. The zero-order chi connectivity index (χ0) is 14.8. The van der Waals surface area contributed by atoms with Gasteiger partial charge in [0, 0.05) is 5.39 Å². The van der Waals surface area contributed by atoms with Gasteiger partial charge in [0.25, 0.3) is 0 Å². The third kappa shape index (κ3) is 3.02. The van der Waals surface area contributed by atoms with Crippen LogP contribution in [0.1, 0.15) is 6.92 Å². The second-order valence-electron chi connectivity index (χ2n) is 3.85. The highest BCUT2D eigenvalue weighted by molar-refractivity contribution is 7.89. The van der Waals surface area contributed by atoms with Crippen molar-refractivity contribution in [3.05, 3.63) is 29.4 Å². The molecule has 1 aromatic heterocycles. The van der Waals surface area contributed by atoms with Crippen LogP contribution in [0.15, 0.2) is 29.2 Å². The van der Waals surface area contributed by atoms with Gasteiger partial charge in [0.1, 0.15) is 23.0 Å². The lowest BCUT2D eigenvalue weighted by molar-refractivity contribution is 0.373. The van der Waals surface area contributed by atoms with Crippen molar-refractivity contribution >= 4 is 32.5 Å². The predicted octanol–water partition coefficient (Wildman–Crippen LogP) is 1.94. The molecular formula is C13H11ClN2O3S. The minimum atomic E-state index is -3.85. The summed E-state index contributed by atoms with van der Waals surface area (Å²) >= 11 is 5.84. The largest absolute Gasteiger partial charge is 0.479 e. The average Bonchev–Trinajstić information content (AvgIpc) is 2.37. The van der Waals surface area contributed by atoms with E-state index < -0.39 is 10.0 Å². The van der Waals surface area contributed by atoms with E-state index in [4.69, 9.17) is 21.5 Å². The summed E-state index contributed by atoms with van der Waals surface area (Å²) in [6.45, 7) is 1.87. The lowest BCUT2D eigenvalue weighted by Gasteiger charge is -2.09. The Labute approximate surface area is 121 Å². The third-order valence-electron chi connectivity index (χ3n) is 2.53. The lowest BCUT2D eigenvalue weighted by Crippen LogP contribution is -2.13. The van der Waals surface area contributed by atoms with Crippen molar-refractivity contribution in [2.75, 3.05) is 6.61 Å². The molecule has 2 aromatic rings. The van der Waals surface area contributed by atoms with E-state index in [0.29, 0.717) is 16.7 Å². The van der Waals surface area contributed by atoms with Gasteiger partial charge in [-0.15, -0.1) is 5.92 Å². The summed E-state index contributed by atoms with van der Waals surface area (Å²) in [4.78, 5) is 4.08. The van der Waals surface area contributed by atoms with Crippen molar-refractivity contribution in [1.29, 1.82) is 0 Å². The molecule has 2 N–H and O–H groups in total. The fraction of sp³-hybridized carbons (Fsp3) is 0.154. The van der Waals surface area contributed by atoms with Crippen LogP contribution in [-0.4, -0.2) is 20.0 Å². The van der Waals surface area contributed by atoms with E-state index >= 15 is 0 Å². The Morgan fingerprint density at radius 3 is 2.75 bits per heavy atom. The van der Waals surface area contributed by atoms with Gasteiger partial charge < -0.3 is 4.74 Å². The van der Waals surface area contributed by atoms with E-state index in [0.717, 1.165) is 0 Å². The molecule has 0 unspecified atom stereocenters. The Morgan fingerprint density at radius 1 is 1.35 bits per heavy atom. The molecule has 0 atom stereocenters. The Balaban J connectivity index is 2.67. The summed E-state index contributed by atoms with van der Waals surface area (Å²) in [5.41, 5.74) is 0.335. The standard InChI is InChI=1S/C13H11ClN2O3S/c1-2-3-8-19-10-5-6-11(20(15,17)18)9-4-7-12(14)16-13(9)10/h4-7H,8H2,1H3,(H2,15,17,18). The van der Waals surface area contributed by atoms with Crippen LogP contribution in [0.2, 0.25) is 5.15 Å². The minimum absolute atomic E-state index is 0.0226. The summed E-state index contributed by atoms with van der Waals surface area (Å²) in [5, 5.41) is 5.77. The quantitative estimate of drug-likeness (QED) is 0.694. The fourth-order valence-electron chi connectivity index (χ4n) is 1.69. The molecule has 0 amide bonds. The number of ether oxygens (including phenoxy) is 1. The zero-order valence-corrected chi connectivity index (χ0v) is 12.1. The smallest absolute Gasteiger partial charge is 0.238 e. The van der Waals surface area contributed by atoms with Gasteiger partial charge in [0.05, 0.1) is 4.90 Å². The number of benzene rings is 1. The number of pyridine rings is 1. The number of hydrogen-bond donors (Lipinski definition) is 1. The van der Waals surface area contributed by atoms with Crippen molar-refractivity contribution in [2.24, 2.45) is 5.14 Å². The van der Waals surface area contributed by atoms with Gasteiger partial charge in [-0.2, -0.15) is 0 Å². The topological polar surface area (TPSA) is 82.3 Å². The molecule has 0 bridgehead atoms. The molecule has 5 nitrogen and oxygen atoms in total. The fourth-order valence-corrected chi connectivity index (χ4v) is 2.57. The van der Waals surface area contributed by atoms with E-state index in [1.807, 2.05) is 0 Å². The van der Waals surface area contributed by atoms with Crippen LogP contribution in [0.3, 0.4) is 0 Å². The van der Waals surface area contributed by atoms with Gasteiger partial charge in [0.2, 0.25) is 10.0 Å². The number of rotatable bonds is 3. The average molecular weight is 311 g/mol. The summed E-state index contributed by atoms with van der Waals surface area (Å²) in [7, 11) is -3.85. The maximum absolute atomic E-state index is 11.6. The van der Waals surface area contributed by atoms with Gasteiger partial charge in [-0.05, 0) is 31.2 Å². The number of aromatic nitrogens is 1. The predicted molar refractivity (Wildman–Crippen MR) is 77.1 cm³/mol. The molecule has 20 heavy (non-hydrogen) atoms. The van der Waals surface area contributed by atoms with Crippen LogP contribution < -0.4 is 9.88 Å². The first kappa shape index (κ1) is 14.6. The molecule has 0 radical (unpaired) electrons. The second kappa shape index (κ2) is 5.67. The Bertz CT molecular complexity index is 823. The molecule has 0 spiro atoms. The van der Waals surface area contributed by atoms with E-state index in [1.54, 1.807) is 13.0 Å². The van der Waals surface area contributed by atoms with Crippen LogP contribution >= 0.6 is 11.6 Å². The second-order valence-corrected chi connectivity index (χ2v) is 5.77. The third-order valence-corrected chi connectivity index (χ3v) is 3.71. The summed E-state index contributed by atoms with van der Waals surface area (Å²) in [5.74, 6) is 5.84. The minimum Gasteiger partial charge on any atom is -0.479 e. The monoisotopic (exact) mass is 310 g/mol. The van der Waals surface area contributed by atoms with E-state index in [-0.39, 0.29) is 16.7 Å². The molecule has 0 aliphatic rings. The first-order valence-electron chi connectivity index (χ1n) is 5.58. The molecular weight excluding hydrogens is 300 g/mol. The zero-order valence-electron chi connectivity index (χ0n) is 10.6. The summed E-state index contributed by atoms with van der Waals surface area (Å²) < 4.78 is 28.6. The number of fused-ring (bicyclic) bond motifs is 1. The highest BCUT2D eigenvalue weighted by Crippen LogP contribution is 2.30. The number of nitrogens with zero attached hydrogens (tertiary/aromatic N) is 1.